The van der Waals surface area contributed by atoms with Crippen LogP contribution in [0.3, 0.4) is 0 Å². The largest absolute Gasteiger partial charge is 0.455 e. The lowest BCUT2D eigenvalue weighted by molar-refractivity contribution is 0.0947. The van der Waals surface area contributed by atoms with Crippen molar-refractivity contribution in [1.82, 2.24) is 5.32 Å². The van der Waals surface area contributed by atoms with E-state index in [4.69, 9.17) is 4.42 Å². The second-order valence-corrected chi connectivity index (χ2v) is 8.69. The van der Waals surface area contributed by atoms with Crippen LogP contribution < -0.4 is 16.1 Å². The van der Waals surface area contributed by atoms with Gasteiger partial charge in [0.2, 0.25) is 0 Å². The normalized spacial score (nSPS) is 14.0. The van der Waals surface area contributed by atoms with Gasteiger partial charge in [-0.25, -0.2) is 0 Å². The van der Waals surface area contributed by atoms with Crippen molar-refractivity contribution in [2.24, 2.45) is 0 Å². The van der Waals surface area contributed by atoms with Crippen molar-refractivity contribution in [3.63, 3.8) is 0 Å². The third-order valence-electron chi connectivity index (χ3n) is 6.32. The van der Waals surface area contributed by atoms with Gasteiger partial charge in [-0.05, 0) is 50.5 Å². The highest BCUT2D eigenvalue weighted by Gasteiger charge is 2.23. The van der Waals surface area contributed by atoms with E-state index in [2.05, 4.69) is 10.6 Å². The van der Waals surface area contributed by atoms with E-state index in [9.17, 15) is 9.59 Å². The number of hydrogen-bond acceptors (Lipinski definition) is 4. The van der Waals surface area contributed by atoms with Crippen molar-refractivity contribution in [2.75, 3.05) is 11.9 Å². The molecule has 0 saturated carbocycles. The molecular formula is C28H26N2O3. The van der Waals surface area contributed by atoms with Crippen LogP contribution in [0, 0.1) is 13.8 Å². The Balaban J connectivity index is 1.65. The molecule has 0 unspecified atom stereocenters. The summed E-state index contributed by atoms with van der Waals surface area (Å²) in [7, 11) is 0. The fourth-order valence-electron chi connectivity index (χ4n) is 4.66. The zero-order valence-electron chi connectivity index (χ0n) is 19.0. The van der Waals surface area contributed by atoms with Gasteiger partial charge in [0.25, 0.3) is 5.91 Å². The quantitative estimate of drug-likeness (QED) is 0.439. The minimum atomic E-state index is -0.192. The molecule has 33 heavy (non-hydrogen) atoms. The van der Waals surface area contributed by atoms with Crippen LogP contribution in [0.4, 0.5) is 5.69 Å². The summed E-state index contributed by atoms with van der Waals surface area (Å²) in [6.45, 7) is 6.47. The molecule has 1 amide bonds. The standard InChI is InChI=1S/C28H26N2O3/c1-16-14-21(18(3)30-23-11-7-10-19-12-13-29-28(32)24(19)23)27-22(15-16)25(31)17(2)26(33-27)20-8-5-4-6-9-20/h4-11,14-15,18,30H,12-13H2,1-3H3,(H,29,32)/t18-/m1/s1. The molecule has 5 rings (SSSR count). The maximum Gasteiger partial charge on any atom is 0.253 e. The maximum atomic E-state index is 13.3. The summed E-state index contributed by atoms with van der Waals surface area (Å²) in [4.78, 5) is 25.9. The topological polar surface area (TPSA) is 71.3 Å². The molecule has 1 atom stereocenters. The predicted molar refractivity (Wildman–Crippen MR) is 132 cm³/mol. The van der Waals surface area contributed by atoms with E-state index in [1.807, 2.05) is 81.4 Å². The molecule has 5 heteroatoms. The van der Waals surface area contributed by atoms with Gasteiger partial charge in [0, 0.05) is 28.9 Å². The SMILES string of the molecule is Cc1cc([C@@H](C)Nc2cccc3c2C(=O)NCC3)c2oc(-c3ccccc3)c(C)c(=O)c2c1. The van der Waals surface area contributed by atoms with Crippen molar-refractivity contribution in [1.29, 1.82) is 0 Å². The van der Waals surface area contributed by atoms with E-state index in [1.54, 1.807) is 0 Å². The van der Waals surface area contributed by atoms with Crippen LogP contribution in [0.1, 0.15) is 45.6 Å². The number of nitrogens with one attached hydrogen (secondary N) is 2. The van der Waals surface area contributed by atoms with Gasteiger partial charge < -0.3 is 15.1 Å². The minimum Gasteiger partial charge on any atom is -0.455 e. The number of aryl methyl sites for hydroxylation is 1. The average molecular weight is 439 g/mol. The summed E-state index contributed by atoms with van der Waals surface area (Å²) < 4.78 is 6.42. The first-order valence-electron chi connectivity index (χ1n) is 11.2. The molecule has 0 aliphatic carbocycles. The third-order valence-corrected chi connectivity index (χ3v) is 6.32. The smallest absolute Gasteiger partial charge is 0.253 e. The Morgan fingerprint density at radius 1 is 1.00 bits per heavy atom. The van der Waals surface area contributed by atoms with E-state index in [-0.39, 0.29) is 17.4 Å². The molecule has 0 fully saturated rings. The molecule has 5 nitrogen and oxygen atoms in total. The second kappa shape index (κ2) is 8.24. The Labute approximate surface area is 192 Å². The van der Waals surface area contributed by atoms with Crippen LogP contribution in [0.25, 0.3) is 22.3 Å². The van der Waals surface area contributed by atoms with E-state index < -0.39 is 0 Å². The highest BCUT2D eigenvalue weighted by molar-refractivity contribution is 6.02. The molecule has 0 saturated heterocycles. The molecule has 0 bridgehead atoms. The van der Waals surface area contributed by atoms with Crippen LogP contribution >= 0.6 is 0 Å². The molecule has 1 aliphatic rings. The number of benzene rings is 3. The predicted octanol–water partition coefficient (Wildman–Crippen LogP) is 5.54. The summed E-state index contributed by atoms with van der Waals surface area (Å²) in [5.41, 5.74) is 6.40. The summed E-state index contributed by atoms with van der Waals surface area (Å²) in [5, 5.41) is 7.01. The van der Waals surface area contributed by atoms with Crippen LogP contribution in [-0.4, -0.2) is 12.5 Å². The molecule has 2 N–H and O–H groups in total. The first-order chi connectivity index (χ1) is 15.9. The summed E-state index contributed by atoms with van der Waals surface area (Å²) in [6, 6.07) is 19.3. The first kappa shape index (κ1) is 21.0. The lowest BCUT2D eigenvalue weighted by Crippen LogP contribution is -2.32. The fourth-order valence-corrected chi connectivity index (χ4v) is 4.66. The van der Waals surface area contributed by atoms with E-state index in [1.165, 1.54) is 0 Å². The van der Waals surface area contributed by atoms with Crippen LogP contribution in [0.2, 0.25) is 0 Å². The van der Waals surface area contributed by atoms with Gasteiger partial charge in [-0.2, -0.15) is 0 Å². The molecule has 166 valence electrons. The third kappa shape index (κ3) is 3.69. The van der Waals surface area contributed by atoms with Crippen LogP contribution in [-0.2, 0) is 6.42 Å². The Morgan fingerprint density at radius 2 is 1.79 bits per heavy atom. The average Bonchev–Trinajstić information content (AvgIpc) is 2.82. The molecular weight excluding hydrogens is 412 g/mol. The molecule has 1 aromatic heterocycles. The number of amides is 1. The van der Waals surface area contributed by atoms with Crippen molar-refractivity contribution in [3.05, 3.63) is 98.7 Å². The highest BCUT2D eigenvalue weighted by Crippen LogP contribution is 2.33. The molecule has 3 aromatic carbocycles. The monoisotopic (exact) mass is 438 g/mol. The summed E-state index contributed by atoms with van der Waals surface area (Å²) in [5.74, 6) is 0.524. The van der Waals surface area contributed by atoms with Gasteiger partial charge in [-0.15, -0.1) is 0 Å². The maximum absolute atomic E-state index is 13.3. The molecule has 0 radical (unpaired) electrons. The molecule has 0 spiro atoms. The Morgan fingerprint density at radius 3 is 2.58 bits per heavy atom. The van der Waals surface area contributed by atoms with Crippen molar-refractivity contribution in [2.45, 2.75) is 33.2 Å². The van der Waals surface area contributed by atoms with Gasteiger partial charge in [0.1, 0.15) is 11.3 Å². The highest BCUT2D eigenvalue weighted by atomic mass is 16.3. The Kier molecular flexibility index (Phi) is 5.25. The lowest BCUT2D eigenvalue weighted by atomic mass is 9.96. The zero-order chi connectivity index (χ0) is 23.1. The lowest BCUT2D eigenvalue weighted by Gasteiger charge is -2.24. The Bertz CT molecular complexity index is 1440. The minimum absolute atomic E-state index is 0.0243. The van der Waals surface area contributed by atoms with Gasteiger partial charge in [0.15, 0.2) is 5.43 Å². The fraction of sp³-hybridized carbons (Fsp3) is 0.214. The number of fused-ring (bicyclic) bond motifs is 2. The summed E-state index contributed by atoms with van der Waals surface area (Å²) >= 11 is 0. The zero-order valence-corrected chi connectivity index (χ0v) is 19.0. The number of carbonyl (C=O) groups is 1. The molecule has 4 aromatic rings. The van der Waals surface area contributed by atoms with Crippen LogP contribution in [0.5, 0.6) is 0 Å². The van der Waals surface area contributed by atoms with Crippen LogP contribution in [0.15, 0.2) is 69.9 Å². The number of anilines is 1. The van der Waals surface area contributed by atoms with Gasteiger partial charge in [0.05, 0.1) is 17.0 Å². The van der Waals surface area contributed by atoms with Crippen molar-refractivity contribution >= 4 is 22.6 Å². The summed E-state index contributed by atoms with van der Waals surface area (Å²) in [6.07, 6.45) is 0.812. The Hall–Kier alpha value is -3.86. The number of rotatable bonds is 4. The van der Waals surface area contributed by atoms with E-state index in [0.29, 0.717) is 34.4 Å². The van der Waals surface area contributed by atoms with Crippen molar-refractivity contribution < 1.29 is 9.21 Å². The second-order valence-electron chi connectivity index (χ2n) is 8.69. The van der Waals surface area contributed by atoms with Gasteiger partial charge >= 0.3 is 0 Å². The first-order valence-corrected chi connectivity index (χ1v) is 11.2. The number of carbonyl (C=O) groups excluding carboxylic acids is 1. The molecule has 2 heterocycles. The van der Waals surface area contributed by atoms with Gasteiger partial charge in [-0.1, -0.05) is 48.5 Å². The van der Waals surface area contributed by atoms with E-state index in [0.717, 1.165) is 34.4 Å². The number of hydrogen-bond donors (Lipinski definition) is 2. The molecule has 1 aliphatic heterocycles. The van der Waals surface area contributed by atoms with E-state index >= 15 is 0 Å². The van der Waals surface area contributed by atoms with Gasteiger partial charge in [-0.3, -0.25) is 9.59 Å². The van der Waals surface area contributed by atoms with Crippen molar-refractivity contribution in [3.8, 4) is 11.3 Å².